The van der Waals surface area contributed by atoms with Crippen molar-refractivity contribution in [1.29, 1.82) is 0 Å². The van der Waals surface area contributed by atoms with E-state index in [1.807, 2.05) is 48.5 Å². The maximum Gasteiger partial charge on any atom is 0.266 e. The molecular weight excluding hydrogens is 354 g/mol. The number of nitrogens with one attached hydrogen (secondary N) is 1. The van der Waals surface area contributed by atoms with Crippen molar-refractivity contribution < 1.29 is 4.90 Å². The average molecular weight is 381 g/mol. The molecule has 1 aliphatic heterocycles. The number of quaternary nitrogens is 1. The molecule has 4 nitrogen and oxygen atoms in total. The summed E-state index contributed by atoms with van der Waals surface area (Å²) in [7, 11) is 0. The van der Waals surface area contributed by atoms with Gasteiger partial charge in [-0.05, 0) is 50.5 Å². The van der Waals surface area contributed by atoms with Crippen LogP contribution in [0.4, 0.5) is 0 Å². The minimum absolute atomic E-state index is 0.0114. The smallest absolute Gasteiger partial charge is 0.266 e. The van der Waals surface area contributed by atoms with Crippen LogP contribution >= 0.6 is 11.8 Å². The van der Waals surface area contributed by atoms with E-state index >= 15 is 0 Å². The van der Waals surface area contributed by atoms with Crippen molar-refractivity contribution in [3.05, 3.63) is 64.4 Å². The molecule has 1 N–H and O–H groups in total. The molecule has 27 heavy (non-hydrogen) atoms. The van der Waals surface area contributed by atoms with Gasteiger partial charge in [-0.1, -0.05) is 41.6 Å². The zero-order chi connectivity index (χ0) is 18.6. The molecular formula is C22H26N3OS+. The number of likely N-dealkylation sites (tertiary alicyclic amines) is 1. The van der Waals surface area contributed by atoms with E-state index in [0.29, 0.717) is 5.39 Å². The van der Waals surface area contributed by atoms with Gasteiger partial charge in [0.25, 0.3) is 5.56 Å². The summed E-state index contributed by atoms with van der Waals surface area (Å²) < 4.78 is 1.78. The number of para-hydroxylation sites is 1. The molecule has 0 unspecified atom stereocenters. The molecule has 3 aromatic rings. The van der Waals surface area contributed by atoms with Gasteiger partial charge < -0.3 is 4.90 Å². The van der Waals surface area contributed by atoms with Gasteiger partial charge >= 0.3 is 0 Å². The van der Waals surface area contributed by atoms with E-state index in [1.54, 1.807) is 21.2 Å². The van der Waals surface area contributed by atoms with Gasteiger partial charge in [-0.3, -0.25) is 9.36 Å². The van der Waals surface area contributed by atoms with Crippen LogP contribution in [-0.2, 0) is 0 Å². The summed E-state index contributed by atoms with van der Waals surface area (Å²) in [6, 6.07) is 15.7. The molecule has 2 aromatic carbocycles. The van der Waals surface area contributed by atoms with Gasteiger partial charge in [0, 0.05) is 0 Å². The van der Waals surface area contributed by atoms with Crippen LogP contribution in [0.2, 0.25) is 0 Å². The first-order valence-corrected chi connectivity index (χ1v) is 10.8. The second-order valence-corrected chi connectivity index (χ2v) is 8.36. The minimum Gasteiger partial charge on any atom is -0.334 e. The average Bonchev–Trinajstić information content (AvgIpc) is 2.70. The van der Waals surface area contributed by atoms with Crippen molar-refractivity contribution in [2.75, 3.05) is 25.4 Å². The standard InChI is InChI=1S/C22H25N3OS/c1-17-9-11-18(12-10-17)25-21(26)19-7-3-4-8-20(19)23-22(25)27-16-15-24-13-5-2-6-14-24/h3-4,7-12H,2,5-6,13-16H2,1H3/p+1. The Hall–Kier alpha value is -2.11. The van der Waals surface area contributed by atoms with Crippen molar-refractivity contribution in [2.24, 2.45) is 0 Å². The fraction of sp³-hybridized carbons (Fsp3) is 0.364. The number of benzene rings is 2. The molecule has 2 heterocycles. The lowest BCUT2D eigenvalue weighted by molar-refractivity contribution is -0.902. The SMILES string of the molecule is Cc1ccc(-n2c(SCC[NH+]3CCCCC3)nc3ccccc3c2=O)cc1. The van der Waals surface area contributed by atoms with E-state index in [-0.39, 0.29) is 5.56 Å². The lowest BCUT2D eigenvalue weighted by Gasteiger charge is -2.23. The highest BCUT2D eigenvalue weighted by molar-refractivity contribution is 7.99. The third kappa shape index (κ3) is 4.09. The molecule has 1 fully saturated rings. The summed E-state index contributed by atoms with van der Waals surface area (Å²) >= 11 is 1.70. The predicted octanol–water partition coefficient (Wildman–Crippen LogP) is 2.86. The number of nitrogens with zero attached hydrogens (tertiary/aromatic N) is 2. The molecule has 1 saturated heterocycles. The van der Waals surface area contributed by atoms with Crippen molar-refractivity contribution in [1.82, 2.24) is 9.55 Å². The maximum absolute atomic E-state index is 13.2. The van der Waals surface area contributed by atoms with Crippen molar-refractivity contribution in [2.45, 2.75) is 31.3 Å². The Morgan fingerprint density at radius 3 is 2.56 bits per heavy atom. The van der Waals surface area contributed by atoms with Crippen molar-refractivity contribution in [3.63, 3.8) is 0 Å². The fourth-order valence-corrected chi connectivity index (χ4v) is 4.77. The Morgan fingerprint density at radius 1 is 1.04 bits per heavy atom. The van der Waals surface area contributed by atoms with Crippen molar-refractivity contribution >= 4 is 22.7 Å². The summed E-state index contributed by atoms with van der Waals surface area (Å²) in [5.74, 6) is 0.978. The Bertz CT molecular complexity index is 975. The normalized spacial score (nSPS) is 15.3. The summed E-state index contributed by atoms with van der Waals surface area (Å²) in [5.41, 5.74) is 2.86. The highest BCUT2D eigenvalue weighted by atomic mass is 32.2. The zero-order valence-corrected chi connectivity index (χ0v) is 16.6. The summed E-state index contributed by atoms with van der Waals surface area (Å²) in [5, 5.41) is 1.46. The molecule has 0 bridgehead atoms. The first-order valence-electron chi connectivity index (χ1n) is 9.77. The van der Waals surface area contributed by atoms with E-state index in [1.165, 1.54) is 37.9 Å². The minimum atomic E-state index is 0.0114. The highest BCUT2D eigenvalue weighted by Crippen LogP contribution is 2.21. The zero-order valence-electron chi connectivity index (χ0n) is 15.8. The fourth-order valence-electron chi connectivity index (χ4n) is 3.72. The van der Waals surface area contributed by atoms with Gasteiger partial charge in [0.1, 0.15) is 0 Å². The third-order valence-electron chi connectivity index (χ3n) is 5.28. The first-order chi connectivity index (χ1) is 13.2. The number of aryl methyl sites for hydroxylation is 1. The van der Waals surface area contributed by atoms with Crippen LogP contribution in [-0.4, -0.2) is 34.9 Å². The number of thioether (sulfide) groups is 1. The van der Waals surface area contributed by atoms with Gasteiger partial charge in [-0.2, -0.15) is 0 Å². The first kappa shape index (κ1) is 18.3. The van der Waals surface area contributed by atoms with Gasteiger partial charge in [0.2, 0.25) is 0 Å². The van der Waals surface area contributed by atoms with E-state index < -0.39 is 0 Å². The van der Waals surface area contributed by atoms with Crippen LogP contribution in [0.3, 0.4) is 0 Å². The molecule has 5 heteroatoms. The summed E-state index contributed by atoms with van der Waals surface area (Å²) in [4.78, 5) is 19.7. The molecule has 140 valence electrons. The number of fused-ring (bicyclic) bond motifs is 1. The summed E-state index contributed by atoms with van der Waals surface area (Å²) in [6.07, 6.45) is 4.04. The molecule has 0 saturated carbocycles. The Labute approximate surface area is 164 Å². The number of hydrogen-bond acceptors (Lipinski definition) is 3. The lowest BCUT2D eigenvalue weighted by Crippen LogP contribution is -3.13. The van der Waals surface area contributed by atoms with Crippen LogP contribution in [0.25, 0.3) is 16.6 Å². The number of aromatic nitrogens is 2. The van der Waals surface area contributed by atoms with Crippen LogP contribution in [0.1, 0.15) is 24.8 Å². The molecule has 0 spiro atoms. The van der Waals surface area contributed by atoms with Crippen LogP contribution in [0, 0.1) is 6.92 Å². The molecule has 1 aliphatic rings. The molecule has 1 aromatic heterocycles. The van der Waals surface area contributed by atoms with E-state index in [2.05, 4.69) is 6.92 Å². The van der Waals surface area contributed by atoms with Crippen LogP contribution < -0.4 is 10.5 Å². The molecule has 0 amide bonds. The predicted molar refractivity (Wildman–Crippen MR) is 112 cm³/mol. The highest BCUT2D eigenvalue weighted by Gasteiger charge is 2.16. The number of rotatable bonds is 5. The molecule has 4 rings (SSSR count). The Balaban J connectivity index is 1.67. The Morgan fingerprint density at radius 2 is 1.78 bits per heavy atom. The Kier molecular flexibility index (Phi) is 5.60. The van der Waals surface area contributed by atoms with E-state index in [4.69, 9.17) is 4.98 Å². The third-order valence-corrected chi connectivity index (χ3v) is 6.22. The quantitative estimate of drug-likeness (QED) is 0.546. The number of hydrogen-bond donors (Lipinski definition) is 1. The number of piperidine rings is 1. The largest absolute Gasteiger partial charge is 0.334 e. The maximum atomic E-state index is 13.2. The molecule has 0 radical (unpaired) electrons. The monoisotopic (exact) mass is 380 g/mol. The van der Waals surface area contributed by atoms with E-state index in [0.717, 1.165) is 28.7 Å². The second-order valence-electron chi connectivity index (χ2n) is 7.30. The van der Waals surface area contributed by atoms with Gasteiger partial charge in [0.15, 0.2) is 5.16 Å². The second kappa shape index (κ2) is 8.28. The van der Waals surface area contributed by atoms with Gasteiger partial charge in [-0.15, -0.1) is 0 Å². The lowest BCUT2D eigenvalue weighted by atomic mass is 10.1. The topological polar surface area (TPSA) is 39.3 Å². The van der Waals surface area contributed by atoms with Gasteiger partial charge in [0.05, 0.1) is 42.0 Å². The van der Waals surface area contributed by atoms with Gasteiger partial charge in [-0.25, -0.2) is 4.98 Å². The van der Waals surface area contributed by atoms with Crippen LogP contribution in [0.5, 0.6) is 0 Å². The van der Waals surface area contributed by atoms with Crippen LogP contribution in [0.15, 0.2) is 58.5 Å². The van der Waals surface area contributed by atoms with Crippen molar-refractivity contribution in [3.8, 4) is 5.69 Å². The molecule has 0 atom stereocenters. The summed E-state index contributed by atoms with van der Waals surface area (Å²) in [6.45, 7) is 5.73. The van der Waals surface area contributed by atoms with E-state index in [9.17, 15) is 4.79 Å². The molecule has 0 aliphatic carbocycles.